The number of carboxylic acids is 1. The molecule has 0 bridgehead atoms. The molecule has 0 radical (unpaired) electrons. The van der Waals surface area contributed by atoms with Crippen molar-refractivity contribution in [1.82, 2.24) is 0 Å². The molecule has 1 rings (SSSR count). The van der Waals surface area contributed by atoms with Crippen molar-refractivity contribution in [1.29, 1.82) is 0 Å². The first-order valence-corrected chi connectivity index (χ1v) is 4.58. The lowest BCUT2D eigenvalue weighted by Crippen LogP contribution is -2.06. The summed E-state index contributed by atoms with van der Waals surface area (Å²) in [7, 11) is 1.32. The smallest absolute Gasteiger partial charge is 0.308 e. The van der Waals surface area contributed by atoms with Crippen LogP contribution in [0.1, 0.15) is 11.1 Å². The Hall–Kier alpha value is -1.29. The average Bonchev–Trinajstić information content (AvgIpc) is 2.13. The van der Waals surface area contributed by atoms with E-state index in [1.807, 2.05) is 0 Å². The lowest BCUT2D eigenvalue weighted by atomic mass is 10.1. The molecular weight excluding hydrogens is 223 g/mol. The molecule has 1 N–H and O–H groups in total. The fourth-order valence-electron chi connectivity index (χ4n) is 1.33. The van der Waals surface area contributed by atoms with Crippen molar-refractivity contribution in [3.05, 3.63) is 28.0 Å². The van der Waals surface area contributed by atoms with E-state index in [2.05, 4.69) is 0 Å². The molecule has 0 saturated heterocycles. The summed E-state index contributed by atoms with van der Waals surface area (Å²) in [6.07, 6.45) is -0.448. The lowest BCUT2D eigenvalue weighted by Gasteiger charge is -2.11. The number of aliphatic carboxylic acids is 1. The summed E-state index contributed by atoms with van der Waals surface area (Å²) in [6.45, 7) is 1.52. The number of aryl methyl sites for hydroxylation is 1. The molecule has 0 atom stereocenters. The highest BCUT2D eigenvalue weighted by Crippen LogP contribution is 2.33. The lowest BCUT2D eigenvalue weighted by molar-refractivity contribution is -0.136. The molecule has 1 aromatic carbocycles. The van der Waals surface area contributed by atoms with E-state index in [9.17, 15) is 9.18 Å². The summed E-state index contributed by atoms with van der Waals surface area (Å²) >= 11 is 5.81. The number of benzene rings is 1. The van der Waals surface area contributed by atoms with Gasteiger partial charge < -0.3 is 9.84 Å². The number of hydrogen-bond acceptors (Lipinski definition) is 2. The summed E-state index contributed by atoms with van der Waals surface area (Å²) in [5.74, 6) is -1.63. The van der Waals surface area contributed by atoms with Crippen molar-refractivity contribution in [2.45, 2.75) is 13.3 Å². The first kappa shape index (κ1) is 11.8. The maximum absolute atomic E-state index is 13.6. The van der Waals surface area contributed by atoms with Crippen molar-refractivity contribution in [3.8, 4) is 5.75 Å². The van der Waals surface area contributed by atoms with Gasteiger partial charge in [0.2, 0.25) is 0 Å². The van der Waals surface area contributed by atoms with Crippen LogP contribution in [0.3, 0.4) is 0 Å². The molecule has 0 aliphatic heterocycles. The highest BCUT2D eigenvalue weighted by molar-refractivity contribution is 6.32. The standard InChI is InChI=1S/C10H10ClFO3/c1-5-3-7(11)10(15-2)6(9(5)12)4-8(13)14/h3H,4H2,1-2H3,(H,13,14). The zero-order valence-corrected chi connectivity index (χ0v) is 9.06. The summed E-state index contributed by atoms with van der Waals surface area (Å²) in [4.78, 5) is 10.5. The number of ether oxygens (including phenoxy) is 1. The number of carbonyl (C=O) groups is 1. The number of methoxy groups -OCH3 is 1. The van der Waals surface area contributed by atoms with Crippen LogP contribution in [-0.4, -0.2) is 18.2 Å². The predicted molar refractivity (Wildman–Crippen MR) is 54.0 cm³/mol. The minimum atomic E-state index is -1.13. The SMILES string of the molecule is COc1c(Cl)cc(C)c(F)c1CC(=O)O. The maximum Gasteiger partial charge on any atom is 0.308 e. The Morgan fingerprint density at radius 1 is 1.67 bits per heavy atom. The second-order valence-electron chi connectivity index (χ2n) is 3.07. The van der Waals surface area contributed by atoms with E-state index in [-0.39, 0.29) is 16.3 Å². The van der Waals surface area contributed by atoms with Crippen molar-refractivity contribution in [2.75, 3.05) is 7.11 Å². The van der Waals surface area contributed by atoms with Crippen molar-refractivity contribution >= 4 is 17.6 Å². The molecule has 0 aliphatic rings. The van der Waals surface area contributed by atoms with E-state index in [1.54, 1.807) is 0 Å². The number of rotatable bonds is 3. The van der Waals surface area contributed by atoms with Crippen LogP contribution in [0, 0.1) is 12.7 Å². The van der Waals surface area contributed by atoms with Crippen molar-refractivity contribution in [3.63, 3.8) is 0 Å². The summed E-state index contributed by atoms with van der Waals surface area (Å²) < 4.78 is 18.5. The average molecular weight is 233 g/mol. The van der Waals surface area contributed by atoms with Gasteiger partial charge in [-0.2, -0.15) is 0 Å². The van der Waals surface area contributed by atoms with Gasteiger partial charge in [-0.05, 0) is 18.6 Å². The zero-order chi connectivity index (χ0) is 11.6. The van der Waals surface area contributed by atoms with Gasteiger partial charge in [0.25, 0.3) is 0 Å². The fraction of sp³-hybridized carbons (Fsp3) is 0.300. The van der Waals surface area contributed by atoms with E-state index in [0.717, 1.165) is 0 Å². The molecule has 0 saturated carbocycles. The van der Waals surface area contributed by atoms with Gasteiger partial charge in [0.05, 0.1) is 18.6 Å². The minimum absolute atomic E-state index is 0.0185. The third-order valence-corrected chi connectivity index (χ3v) is 2.26. The highest BCUT2D eigenvalue weighted by atomic mass is 35.5. The first-order valence-electron chi connectivity index (χ1n) is 4.20. The molecule has 1 aromatic rings. The maximum atomic E-state index is 13.6. The Morgan fingerprint density at radius 3 is 2.73 bits per heavy atom. The van der Waals surface area contributed by atoms with Gasteiger partial charge in [-0.1, -0.05) is 11.6 Å². The van der Waals surface area contributed by atoms with E-state index in [1.165, 1.54) is 20.1 Å². The van der Waals surface area contributed by atoms with Gasteiger partial charge >= 0.3 is 5.97 Å². The van der Waals surface area contributed by atoms with Crippen LogP contribution in [0.4, 0.5) is 4.39 Å². The normalized spacial score (nSPS) is 10.1. The molecule has 0 unspecified atom stereocenters. The van der Waals surface area contributed by atoms with Gasteiger partial charge in [0.15, 0.2) is 0 Å². The van der Waals surface area contributed by atoms with Gasteiger partial charge in [-0.25, -0.2) is 4.39 Å². The highest BCUT2D eigenvalue weighted by Gasteiger charge is 2.18. The molecule has 5 heteroatoms. The number of halogens is 2. The van der Waals surface area contributed by atoms with Gasteiger partial charge in [0, 0.05) is 5.56 Å². The number of hydrogen-bond donors (Lipinski definition) is 1. The summed E-state index contributed by atoms with van der Waals surface area (Å²) in [6, 6.07) is 1.40. The Kier molecular flexibility index (Phi) is 3.52. The van der Waals surface area contributed by atoms with E-state index >= 15 is 0 Å². The quantitative estimate of drug-likeness (QED) is 0.871. The topological polar surface area (TPSA) is 46.5 Å². The molecule has 15 heavy (non-hydrogen) atoms. The fourth-order valence-corrected chi connectivity index (χ4v) is 1.69. The Balaban J connectivity index is 3.36. The molecule has 82 valence electrons. The largest absolute Gasteiger partial charge is 0.495 e. The van der Waals surface area contributed by atoms with Crippen LogP contribution in [0.25, 0.3) is 0 Å². The molecule has 0 aromatic heterocycles. The second kappa shape index (κ2) is 4.49. The van der Waals surface area contributed by atoms with E-state index in [4.69, 9.17) is 21.4 Å². The summed E-state index contributed by atoms with van der Waals surface area (Å²) in [5, 5.41) is 8.84. The minimum Gasteiger partial charge on any atom is -0.495 e. The molecule has 3 nitrogen and oxygen atoms in total. The van der Waals surface area contributed by atoms with E-state index in [0.29, 0.717) is 5.56 Å². The van der Waals surface area contributed by atoms with Crippen molar-refractivity contribution < 1.29 is 19.0 Å². The van der Waals surface area contributed by atoms with Crippen LogP contribution in [0.15, 0.2) is 6.07 Å². The van der Waals surface area contributed by atoms with Crippen LogP contribution in [-0.2, 0) is 11.2 Å². The van der Waals surface area contributed by atoms with Crippen LogP contribution >= 0.6 is 11.6 Å². The van der Waals surface area contributed by atoms with Crippen LogP contribution in [0.2, 0.25) is 5.02 Å². The van der Waals surface area contributed by atoms with Crippen molar-refractivity contribution in [2.24, 2.45) is 0 Å². The van der Waals surface area contributed by atoms with Gasteiger partial charge in [-0.15, -0.1) is 0 Å². The zero-order valence-electron chi connectivity index (χ0n) is 8.30. The van der Waals surface area contributed by atoms with E-state index < -0.39 is 18.2 Å². The Labute approximate surface area is 91.4 Å². The van der Waals surface area contributed by atoms with Crippen LogP contribution in [0.5, 0.6) is 5.75 Å². The Morgan fingerprint density at radius 2 is 2.27 bits per heavy atom. The monoisotopic (exact) mass is 232 g/mol. The number of carboxylic acid groups (broad SMARTS) is 1. The molecule has 0 fully saturated rings. The molecule has 0 amide bonds. The first-order chi connectivity index (χ1) is 6.97. The second-order valence-corrected chi connectivity index (χ2v) is 3.48. The van der Waals surface area contributed by atoms with Gasteiger partial charge in [0.1, 0.15) is 11.6 Å². The third-order valence-electron chi connectivity index (χ3n) is 1.98. The predicted octanol–water partition coefficient (Wildman–Crippen LogP) is 2.42. The molecule has 0 spiro atoms. The molecular formula is C10H10ClFO3. The third kappa shape index (κ3) is 2.39. The molecule has 0 heterocycles. The van der Waals surface area contributed by atoms with Crippen LogP contribution < -0.4 is 4.74 Å². The molecule has 0 aliphatic carbocycles. The summed E-state index contributed by atoms with van der Waals surface area (Å²) in [5.41, 5.74) is 0.284. The Bertz CT molecular complexity index is 404. The van der Waals surface area contributed by atoms with Gasteiger partial charge in [-0.3, -0.25) is 4.79 Å².